The van der Waals surface area contributed by atoms with Crippen molar-refractivity contribution in [3.8, 4) is 5.88 Å². The molecule has 0 radical (unpaired) electrons. The SMILES string of the molecule is COc1nc(C2(Nc3nccc4cc(CN5CC(F)C5)cnc34)C=CC=C(c3ccccc3C)C2Cl)ccc1CN1CC(F)C1. The quantitative estimate of drug-likeness (QED) is 0.221. The average molecular weight is 629 g/mol. The first-order valence-electron chi connectivity index (χ1n) is 15.2. The van der Waals surface area contributed by atoms with E-state index in [0.717, 1.165) is 33.2 Å². The molecule has 7 nitrogen and oxygen atoms in total. The Morgan fingerprint density at radius 1 is 1.00 bits per heavy atom. The van der Waals surface area contributed by atoms with E-state index < -0.39 is 23.3 Å². The number of hydrogen-bond donors (Lipinski definition) is 1. The summed E-state index contributed by atoms with van der Waals surface area (Å²) in [6.45, 7) is 4.98. The van der Waals surface area contributed by atoms with Crippen LogP contribution in [0.25, 0.3) is 16.5 Å². The zero-order chi connectivity index (χ0) is 31.1. The highest BCUT2D eigenvalue weighted by molar-refractivity contribution is 6.28. The van der Waals surface area contributed by atoms with Crippen LogP contribution in [0.5, 0.6) is 5.88 Å². The number of allylic oxidation sites excluding steroid dienone is 2. The van der Waals surface area contributed by atoms with Crippen LogP contribution in [0.4, 0.5) is 14.6 Å². The van der Waals surface area contributed by atoms with E-state index in [2.05, 4.69) is 35.3 Å². The molecule has 7 rings (SSSR count). The molecule has 232 valence electrons. The molecular weight excluding hydrogens is 594 g/mol. The highest BCUT2D eigenvalue weighted by atomic mass is 35.5. The predicted octanol–water partition coefficient (Wildman–Crippen LogP) is 6.22. The molecule has 5 heterocycles. The molecular formula is C35H35ClF2N6O. The van der Waals surface area contributed by atoms with Gasteiger partial charge in [-0.15, -0.1) is 11.6 Å². The van der Waals surface area contributed by atoms with Crippen LogP contribution in [0.1, 0.15) is 27.9 Å². The Labute approximate surface area is 266 Å². The fourth-order valence-electron chi connectivity index (χ4n) is 6.47. The maximum Gasteiger partial charge on any atom is 0.217 e. The lowest BCUT2D eigenvalue weighted by atomic mass is 9.79. The Kier molecular flexibility index (Phi) is 8.02. The Hall–Kier alpha value is -3.92. The summed E-state index contributed by atoms with van der Waals surface area (Å²) in [6, 6.07) is 16.1. The number of likely N-dealkylation sites (tertiary alicyclic amines) is 2. The summed E-state index contributed by atoms with van der Waals surface area (Å²) in [6.07, 6.45) is 8.10. The number of rotatable bonds is 9. The van der Waals surface area contributed by atoms with Gasteiger partial charge < -0.3 is 10.1 Å². The van der Waals surface area contributed by atoms with E-state index in [1.54, 1.807) is 13.3 Å². The second kappa shape index (κ2) is 12.1. The van der Waals surface area contributed by atoms with Gasteiger partial charge in [-0.05, 0) is 47.4 Å². The molecule has 1 aliphatic carbocycles. The number of fused-ring (bicyclic) bond motifs is 1. The van der Waals surface area contributed by atoms with Crippen molar-refractivity contribution in [1.29, 1.82) is 0 Å². The first-order valence-corrected chi connectivity index (χ1v) is 15.6. The molecule has 2 fully saturated rings. The lowest BCUT2D eigenvalue weighted by Crippen LogP contribution is -2.47. The molecule has 1 N–H and O–H groups in total. The number of aryl methyl sites for hydroxylation is 1. The molecule has 3 aromatic heterocycles. The Balaban J connectivity index is 1.29. The van der Waals surface area contributed by atoms with E-state index in [4.69, 9.17) is 31.3 Å². The van der Waals surface area contributed by atoms with E-state index >= 15 is 0 Å². The monoisotopic (exact) mass is 628 g/mol. The third kappa shape index (κ3) is 5.69. The number of ether oxygens (including phenoxy) is 1. The molecule has 2 saturated heterocycles. The van der Waals surface area contributed by atoms with Crippen LogP contribution in [0, 0.1) is 6.92 Å². The first-order chi connectivity index (χ1) is 21.8. The van der Waals surface area contributed by atoms with Gasteiger partial charge in [-0.2, -0.15) is 0 Å². The summed E-state index contributed by atoms with van der Waals surface area (Å²) in [4.78, 5) is 18.6. The van der Waals surface area contributed by atoms with Crippen LogP contribution >= 0.6 is 11.6 Å². The number of alkyl halides is 3. The summed E-state index contributed by atoms with van der Waals surface area (Å²) in [5.74, 6) is 1.03. The lowest BCUT2D eigenvalue weighted by Gasteiger charge is -2.40. The molecule has 3 aliphatic rings. The minimum atomic E-state index is -1.03. The fraction of sp³-hybridized carbons (Fsp3) is 0.343. The van der Waals surface area contributed by atoms with Gasteiger partial charge >= 0.3 is 0 Å². The summed E-state index contributed by atoms with van der Waals surface area (Å²) in [5.41, 5.74) is 5.31. The van der Waals surface area contributed by atoms with Crippen molar-refractivity contribution in [2.24, 2.45) is 0 Å². The van der Waals surface area contributed by atoms with Crippen molar-refractivity contribution in [2.75, 3.05) is 38.6 Å². The summed E-state index contributed by atoms with van der Waals surface area (Å²) in [5, 5.41) is 4.00. The van der Waals surface area contributed by atoms with E-state index in [9.17, 15) is 8.78 Å². The van der Waals surface area contributed by atoms with Gasteiger partial charge in [-0.25, -0.2) is 18.7 Å². The average Bonchev–Trinajstić information content (AvgIpc) is 3.01. The van der Waals surface area contributed by atoms with Gasteiger partial charge in [0.15, 0.2) is 5.82 Å². The Morgan fingerprint density at radius 3 is 2.49 bits per heavy atom. The molecule has 1 aromatic carbocycles. The van der Waals surface area contributed by atoms with Crippen molar-refractivity contribution in [2.45, 2.75) is 43.3 Å². The molecule has 2 unspecified atom stereocenters. The number of anilines is 1. The zero-order valence-corrected chi connectivity index (χ0v) is 26.0. The van der Waals surface area contributed by atoms with Gasteiger partial charge in [0.1, 0.15) is 23.4 Å². The Morgan fingerprint density at radius 2 is 1.76 bits per heavy atom. The van der Waals surface area contributed by atoms with Crippen LogP contribution in [-0.2, 0) is 18.6 Å². The van der Waals surface area contributed by atoms with Crippen molar-refractivity contribution < 1.29 is 13.5 Å². The smallest absolute Gasteiger partial charge is 0.217 e. The number of nitrogens with one attached hydrogen (secondary N) is 1. The summed E-state index contributed by atoms with van der Waals surface area (Å²) < 4.78 is 32.7. The number of pyridine rings is 3. The van der Waals surface area contributed by atoms with E-state index in [0.29, 0.717) is 62.2 Å². The van der Waals surface area contributed by atoms with Crippen LogP contribution in [0.3, 0.4) is 0 Å². The predicted molar refractivity (Wildman–Crippen MR) is 174 cm³/mol. The maximum atomic E-state index is 13.5. The van der Waals surface area contributed by atoms with E-state index in [-0.39, 0.29) is 0 Å². The van der Waals surface area contributed by atoms with E-state index in [1.807, 2.05) is 59.7 Å². The van der Waals surface area contributed by atoms with Crippen LogP contribution < -0.4 is 10.1 Å². The fourth-order valence-corrected chi connectivity index (χ4v) is 6.90. The standard InChI is InChI=1S/C35H35ClF2N6O/c1-22-6-3-4-7-28(22)29-8-5-12-35(32(29)36,30-10-9-25(34(41-30)45-2)17-44-20-27(38)21-44)42-33-31-24(11-13-39-33)14-23(15-40-31)16-43-18-26(37)19-43/h3-15,26-27,32H,16-21H2,1-2H3,(H,39,42). The number of halogens is 3. The van der Waals surface area contributed by atoms with Crippen molar-refractivity contribution in [1.82, 2.24) is 24.8 Å². The lowest BCUT2D eigenvalue weighted by molar-refractivity contribution is 0.0582. The number of benzene rings is 1. The highest BCUT2D eigenvalue weighted by Gasteiger charge is 2.44. The molecule has 2 atom stereocenters. The van der Waals surface area contributed by atoms with Gasteiger partial charge in [-0.3, -0.25) is 14.8 Å². The molecule has 4 aromatic rings. The zero-order valence-electron chi connectivity index (χ0n) is 25.3. The van der Waals surface area contributed by atoms with Gasteiger partial charge in [0.05, 0.1) is 18.2 Å². The van der Waals surface area contributed by atoms with Gasteiger partial charge in [0.25, 0.3) is 0 Å². The second-order valence-electron chi connectivity index (χ2n) is 12.2. The Bertz CT molecular complexity index is 1790. The normalized spacial score (nSPS) is 22.6. The number of methoxy groups -OCH3 is 1. The number of aromatic nitrogens is 3. The summed E-state index contributed by atoms with van der Waals surface area (Å²) >= 11 is 7.53. The number of hydrogen-bond acceptors (Lipinski definition) is 7. The van der Waals surface area contributed by atoms with Crippen molar-refractivity contribution in [3.63, 3.8) is 0 Å². The summed E-state index contributed by atoms with van der Waals surface area (Å²) in [7, 11) is 1.60. The van der Waals surface area contributed by atoms with Gasteiger partial charge in [0, 0.05) is 62.6 Å². The second-order valence-corrected chi connectivity index (χ2v) is 12.6. The molecule has 10 heteroatoms. The van der Waals surface area contributed by atoms with E-state index in [1.165, 1.54) is 0 Å². The minimum Gasteiger partial charge on any atom is -0.481 e. The number of nitrogens with zero attached hydrogens (tertiary/aromatic N) is 5. The molecule has 0 bridgehead atoms. The topological polar surface area (TPSA) is 66.4 Å². The van der Waals surface area contributed by atoms with Crippen LogP contribution in [-0.4, -0.2) is 75.8 Å². The molecule has 45 heavy (non-hydrogen) atoms. The molecule has 0 spiro atoms. The largest absolute Gasteiger partial charge is 0.481 e. The van der Waals surface area contributed by atoms with Gasteiger partial charge in [-0.1, -0.05) is 48.6 Å². The third-order valence-corrected chi connectivity index (χ3v) is 9.51. The van der Waals surface area contributed by atoms with Crippen molar-refractivity contribution in [3.05, 3.63) is 107 Å². The third-order valence-electron chi connectivity index (χ3n) is 8.93. The molecule has 0 saturated carbocycles. The van der Waals surface area contributed by atoms with Crippen molar-refractivity contribution >= 4 is 33.9 Å². The van der Waals surface area contributed by atoms with Crippen LogP contribution in [0.15, 0.2) is 79.2 Å². The van der Waals surface area contributed by atoms with Crippen LogP contribution in [0.2, 0.25) is 0 Å². The molecule has 0 amide bonds. The molecule has 2 aliphatic heterocycles. The maximum absolute atomic E-state index is 13.5. The minimum absolute atomic E-state index is 0.406. The first kappa shape index (κ1) is 29.8. The van der Waals surface area contributed by atoms with Gasteiger partial charge in [0.2, 0.25) is 5.88 Å². The highest BCUT2D eigenvalue weighted by Crippen LogP contribution is 2.44.